The van der Waals surface area contributed by atoms with Crippen LogP contribution in [0, 0.1) is 10.1 Å². The van der Waals surface area contributed by atoms with Gasteiger partial charge in [-0.2, -0.15) is 0 Å². The van der Waals surface area contributed by atoms with Crippen LogP contribution in [0.3, 0.4) is 0 Å². The highest BCUT2D eigenvalue weighted by atomic mass is 32.2. The van der Waals surface area contributed by atoms with E-state index in [1.54, 1.807) is 12.1 Å². The predicted octanol–water partition coefficient (Wildman–Crippen LogP) is 2.36. The number of carbonyl (C=O) groups is 2. The van der Waals surface area contributed by atoms with Crippen molar-refractivity contribution in [2.75, 3.05) is 32.6 Å². The number of nitro benzene ring substituents is 1. The lowest BCUT2D eigenvalue weighted by molar-refractivity contribution is -0.387. The minimum absolute atomic E-state index is 0.0851. The SMILES string of the molecule is COCCN1C(=O)S/C(=C\c2ccc(SCCO)c([N+](=O)[O-])c2)C1=O. The summed E-state index contributed by atoms with van der Waals surface area (Å²) in [4.78, 5) is 36.6. The van der Waals surface area contributed by atoms with Crippen molar-refractivity contribution >= 4 is 46.4 Å². The molecule has 1 aromatic rings. The lowest BCUT2D eigenvalue weighted by Gasteiger charge is -2.10. The van der Waals surface area contributed by atoms with Crippen LogP contribution in [-0.4, -0.2) is 58.7 Å². The zero-order valence-electron chi connectivity index (χ0n) is 13.3. The summed E-state index contributed by atoms with van der Waals surface area (Å²) >= 11 is 1.97. The number of amides is 2. The van der Waals surface area contributed by atoms with E-state index in [0.717, 1.165) is 16.7 Å². The van der Waals surface area contributed by atoms with Gasteiger partial charge in [-0.25, -0.2) is 0 Å². The van der Waals surface area contributed by atoms with E-state index in [0.29, 0.717) is 16.2 Å². The maximum absolute atomic E-state index is 12.2. The number of rotatable bonds is 8. The van der Waals surface area contributed by atoms with Crippen molar-refractivity contribution in [1.82, 2.24) is 4.90 Å². The molecule has 2 amide bonds. The Balaban J connectivity index is 2.25. The van der Waals surface area contributed by atoms with Crippen molar-refractivity contribution in [2.45, 2.75) is 4.90 Å². The average Bonchev–Trinajstić information content (AvgIpc) is 2.85. The number of thioether (sulfide) groups is 2. The zero-order chi connectivity index (χ0) is 18.4. The van der Waals surface area contributed by atoms with Gasteiger partial charge in [0.2, 0.25) is 0 Å². The van der Waals surface area contributed by atoms with Crippen molar-refractivity contribution in [2.24, 2.45) is 0 Å². The van der Waals surface area contributed by atoms with Crippen molar-refractivity contribution in [3.05, 3.63) is 38.8 Å². The second kappa shape index (κ2) is 8.99. The van der Waals surface area contributed by atoms with Crippen molar-refractivity contribution in [1.29, 1.82) is 0 Å². The monoisotopic (exact) mass is 384 g/mol. The molecule has 0 aromatic heterocycles. The summed E-state index contributed by atoms with van der Waals surface area (Å²) in [5.41, 5.74) is 0.350. The molecule has 1 heterocycles. The summed E-state index contributed by atoms with van der Waals surface area (Å²) in [6.07, 6.45) is 1.46. The van der Waals surface area contributed by atoms with E-state index in [1.165, 1.54) is 31.0 Å². The summed E-state index contributed by atoms with van der Waals surface area (Å²) in [6.45, 7) is 0.321. The van der Waals surface area contributed by atoms with Crippen molar-refractivity contribution in [3.8, 4) is 0 Å². The molecule has 1 aliphatic heterocycles. The van der Waals surface area contributed by atoms with E-state index >= 15 is 0 Å². The first-order chi connectivity index (χ1) is 12.0. The molecule has 0 atom stereocenters. The van der Waals surface area contributed by atoms with Crippen LogP contribution in [0.2, 0.25) is 0 Å². The minimum atomic E-state index is -0.513. The summed E-state index contributed by atoms with van der Waals surface area (Å²) in [5, 5.41) is 19.7. The fourth-order valence-electron chi connectivity index (χ4n) is 2.07. The minimum Gasteiger partial charge on any atom is -0.396 e. The van der Waals surface area contributed by atoms with Gasteiger partial charge in [0.1, 0.15) is 0 Å². The lowest BCUT2D eigenvalue weighted by Crippen LogP contribution is -2.31. The average molecular weight is 384 g/mol. The molecule has 1 aromatic carbocycles. The first kappa shape index (κ1) is 19.4. The van der Waals surface area contributed by atoms with Crippen LogP contribution < -0.4 is 0 Å². The molecule has 0 aliphatic carbocycles. The quantitative estimate of drug-likeness (QED) is 0.315. The Bertz CT molecular complexity index is 722. The molecule has 0 spiro atoms. The highest BCUT2D eigenvalue weighted by molar-refractivity contribution is 8.18. The standard InChI is InChI=1S/C15H16N2O6S2/c1-23-6-4-16-14(19)13(25-15(16)20)9-10-2-3-12(24-7-5-18)11(8-10)17(21)22/h2-3,8-9,18H,4-7H2,1H3/b13-9-. The predicted molar refractivity (Wildman–Crippen MR) is 95.5 cm³/mol. The molecule has 1 aliphatic rings. The normalized spacial score (nSPS) is 16.1. The van der Waals surface area contributed by atoms with Gasteiger partial charge in [-0.15, -0.1) is 11.8 Å². The second-order valence-corrected chi connectivity index (χ2v) is 7.01. The van der Waals surface area contributed by atoms with Gasteiger partial charge < -0.3 is 9.84 Å². The van der Waals surface area contributed by atoms with Crippen LogP contribution in [-0.2, 0) is 9.53 Å². The molecule has 0 saturated carbocycles. The van der Waals surface area contributed by atoms with Gasteiger partial charge in [-0.1, -0.05) is 6.07 Å². The molecule has 0 unspecified atom stereocenters. The topological polar surface area (TPSA) is 110 Å². The van der Waals surface area contributed by atoms with Crippen molar-refractivity contribution < 1.29 is 24.4 Å². The molecule has 25 heavy (non-hydrogen) atoms. The molecule has 1 N–H and O–H groups in total. The van der Waals surface area contributed by atoms with E-state index in [4.69, 9.17) is 9.84 Å². The van der Waals surface area contributed by atoms with Gasteiger partial charge in [-0.05, 0) is 29.5 Å². The van der Waals surface area contributed by atoms with Crippen LogP contribution >= 0.6 is 23.5 Å². The van der Waals surface area contributed by atoms with Gasteiger partial charge in [0.25, 0.3) is 16.8 Å². The Morgan fingerprint density at radius 1 is 1.44 bits per heavy atom. The highest BCUT2D eigenvalue weighted by Gasteiger charge is 2.34. The van der Waals surface area contributed by atoms with Crippen LogP contribution in [0.4, 0.5) is 10.5 Å². The van der Waals surface area contributed by atoms with E-state index in [2.05, 4.69) is 0 Å². The molecular formula is C15H16N2O6S2. The summed E-state index contributed by atoms with van der Waals surface area (Å²) in [5.74, 6) is -0.0908. The maximum Gasteiger partial charge on any atom is 0.293 e. The molecule has 1 saturated heterocycles. The van der Waals surface area contributed by atoms with Crippen LogP contribution in [0.25, 0.3) is 6.08 Å². The fourth-order valence-corrected chi connectivity index (χ4v) is 3.69. The first-order valence-corrected chi connectivity index (χ1v) is 9.04. The van der Waals surface area contributed by atoms with Gasteiger partial charge in [0, 0.05) is 18.9 Å². The van der Waals surface area contributed by atoms with Gasteiger partial charge in [0.15, 0.2) is 0 Å². The molecule has 0 bridgehead atoms. The molecular weight excluding hydrogens is 368 g/mol. The number of hydrogen-bond donors (Lipinski definition) is 1. The smallest absolute Gasteiger partial charge is 0.293 e. The number of nitro groups is 1. The Hall–Kier alpha value is -1.88. The zero-order valence-corrected chi connectivity index (χ0v) is 15.0. The third-order valence-corrected chi connectivity index (χ3v) is 5.17. The lowest BCUT2D eigenvalue weighted by atomic mass is 10.2. The number of imide groups is 1. The number of carbonyl (C=O) groups excluding carboxylic acids is 2. The van der Waals surface area contributed by atoms with Crippen LogP contribution in [0.5, 0.6) is 0 Å². The number of benzene rings is 1. The summed E-state index contributed by atoms with van der Waals surface area (Å²) in [6, 6.07) is 4.55. The molecule has 1 fully saturated rings. The number of hydrogen-bond acceptors (Lipinski definition) is 8. The molecule has 10 heteroatoms. The molecule has 2 rings (SSSR count). The van der Waals surface area contributed by atoms with E-state index in [9.17, 15) is 19.7 Å². The third kappa shape index (κ3) is 4.82. The van der Waals surface area contributed by atoms with E-state index in [1.807, 2.05) is 0 Å². The molecule has 8 nitrogen and oxygen atoms in total. The number of ether oxygens (including phenoxy) is 1. The number of methoxy groups -OCH3 is 1. The largest absolute Gasteiger partial charge is 0.396 e. The Morgan fingerprint density at radius 2 is 2.20 bits per heavy atom. The summed E-state index contributed by atoms with van der Waals surface area (Å²) in [7, 11) is 1.48. The maximum atomic E-state index is 12.2. The number of nitrogens with zero attached hydrogens (tertiary/aromatic N) is 2. The Morgan fingerprint density at radius 3 is 2.84 bits per heavy atom. The molecule has 0 radical (unpaired) electrons. The molecule has 134 valence electrons. The van der Waals surface area contributed by atoms with Gasteiger partial charge >= 0.3 is 0 Å². The number of aliphatic hydroxyl groups excluding tert-OH is 1. The van der Waals surface area contributed by atoms with E-state index < -0.39 is 16.1 Å². The van der Waals surface area contributed by atoms with Crippen molar-refractivity contribution in [3.63, 3.8) is 0 Å². The van der Waals surface area contributed by atoms with Crippen LogP contribution in [0.1, 0.15) is 5.56 Å². The first-order valence-electron chi connectivity index (χ1n) is 7.24. The Labute approximate surface area is 152 Å². The second-order valence-electron chi connectivity index (χ2n) is 4.88. The number of aliphatic hydroxyl groups is 1. The Kier molecular flexibility index (Phi) is 7.00. The van der Waals surface area contributed by atoms with E-state index in [-0.39, 0.29) is 30.4 Å². The third-order valence-electron chi connectivity index (χ3n) is 3.22. The van der Waals surface area contributed by atoms with Gasteiger partial charge in [0.05, 0.1) is 34.5 Å². The fraction of sp³-hybridized carbons (Fsp3) is 0.333. The van der Waals surface area contributed by atoms with Crippen LogP contribution in [0.15, 0.2) is 28.0 Å². The van der Waals surface area contributed by atoms with Gasteiger partial charge in [-0.3, -0.25) is 24.6 Å². The highest BCUT2D eigenvalue weighted by Crippen LogP contribution is 2.34. The summed E-state index contributed by atoms with van der Waals surface area (Å²) < 4.78 is 4.87.